The molecule has 0 radical (unpaired) electrons. The van der Waals surface area contributed by atoms with Crippen molar-refractivity contribution in [2.45, 2.75) is 77.5 Å². The molecular weight excluding hydrogens is 264 g/mol. The molecule has 126 valence electrons. The van der Waals surface area contributed by atoms with Gasteiger partial charge in [0, 0.05) is 18.6 Å². The molecule has 2 N–H and O–H groups in total. The number of rotatable bonds is 8. The number of aliphatic hydroxyl groups is 1. The zero-order valence-electron chi connectivity index (χ0n) is 14.7. The van der Waals surface area contributed by atoms with Gasteiger partial charge >= 0.3 is 0 Å². The highest BCUT2D eigenvalue weighted by atomic mass is 16.5. The van der Waals surface area contributed by atoms with Gasteiger partial charge in [-0.2, -0.15) is 0 Å². The fraction of sp³-hybridized carbons (Fsp3) is 1.00. The van der Waals surface area contributed by atoms with Crippen LogP contribution in [-0.4, -0.2) is 54.6 Å². The van der Waals surface area contributed by atoms with Crippen LogP contribution in [0.5, 0.6) is 0 Å². The monoisotopic (exact) mass is 300 g/mol. The van der Waals surface area contributed by atoms with Gasteiger partial charge in [0.25, 0.3) is 0 Å². The van der Waals surface area contributed by atoms with E-state index in [4.69, 9.17) is 4.74 Å². The highest BCUT2D eigenvalue weighted by Crippen LogP contribution is 2.26. The third kappa shape index (κ3) is 7.59. The predicted octanol–water partition coefficient (Wildman–Crippen LogP) is 2.61. The van der Waals surface area contributed by atoms with Gasteiger partial charge in [0.2, 0.25) is 0 Å². The molecule has 0 aromatic heterocycles. The number of hydrogen-bond acceptors (Lipinski definition) is 4. The Kier molecular flexibility index (Phi) is 8.17. The summed E-state index contributed by atoms with van der Waals surface area (Å²) in [6.07, 6.45) is 6.51. The molecule has 1 unspecified atom stereocenters. The number of nitrogens with zero attached hydrogens (tertiary/aromatic N) is 1. The number of hydrogen-bond donors (Lipinski definition) is 2. The summed E-state index contributed by atoms with van der Waals surface area (Å²) in [5.41, 5.74) is -0.100. The minimum absolute atomic E-state index is 0.100. The van der Waals surface area contributed by atoms with E-state index in [2.05, 4.69) is 45.0 Å². The van der Waals surface area contributed by atoms with E-state index in [9.17, 15) is 5.11 Å². The third-order valence-corrected chi connectivity index (χ3v) is 4.54. The molecule has 4 heteroatoms. The Morgan fingerprint density at radius 2 is 1.86 bits per heavy atom. The van der Waals surface area contributed by atoms with E-state index in [-0.39, 0.29) is 18.2 Å². The summed E-state index contributed by atoms with van der Waals surface area (Å²) in [5.74, 6) is 0.645. The molecule has 0 spiro atoms. The molecule has 0 bridgehead atoms. The van der Waals surface area contributed by atoms with E-state index in [0.29, 0.717) is 18.7 Å². The standard InChI is InChI=1S/C17H36N2O2/c1-14(19(5)13-21-17(2,3)4)11-18-16(12-20)15-9-7-6-8-10-15/h14-16,18,20H,6-13H2,1-5H3/t14-,16?/m0/s1. The van der Waals surface area contributed by atoms with E-state index in [1.165, 1.54) is 32.1 Å². The second-order valence-electron chi connectivity index (χ2n) is 7.59. The van der Waals surface area contributed by atoms with Crippen LogP contribution in [0.2, 0.25) is 0 Å². The highest BCUT2D eigenvalue weighted by Gasteiger charge is 2.23. The minimum atomic E-state index is -0.100. The molecule has 0 aromatic rings. The molecule has 0 saturated heterocycles. The van der Waals surface area contributed by atoms with Gasteiger partial charge < -0.3 is 15.2 Å². The molecule has 21 heavy (non-hydrogen) atoms. The predicted molar refractivity (Wildman–Crippen MR) is 88.4 cm³/mol. The highest BCUT2D eigenvalue weighted by molar-refractivity contribution is 4.80. The fourth-order valence-corrected chi connectivity index (χ4v) is 2.82. The first-order valence-corrected chi connectivity index (χ1v) is 8.52. The van der Waals surface area contributed by atoms with Gasteiger partial charge in [0.05, 0.1) is 18.9 Å². The van der Waals surface area contributed by atoms with Crippen LogP contribution < -0.4 is 5.32 Å². The Morgan fingerprint density at radius 1 is 1.24 bits per heavy atom. The Balaban J connectivity index is 2.30. The quantitative estimate of drug-likeness (QED) is 0.676. The summed E-state index contributed by atoms with van der Waals surface area (Å²) in [6, 6.07) is 0.648. The second kappa shape index (κ2) is 9.09. The average Bonchev–Trinajstić information content (AvgIpc) is 2.45. The maximum absolute atomic E-state index is 9.64. The van der Waals surface area contributed by atoms with Gasteiger partial charge in [-0.1, -0.05) is 19.3 Å². The van der Waals surface area contributed by atoms with Crippen molar-refractivity contribution in [1.29, 1.82) is 0 Å². The van der Waals surface area contributed by atoms with Gasteiger partial charge in [-0.15, -0.1) is 0 Å². The van der Waals surface area contributed by atoms with Crippen LogP contribution in [0.25, 0.3) is 0 Å². The van der Waals surface area contributed by atoms with Crippen LogP contribution in [0.15, 0.2) is 0 Å². The van der Waals surface area contributed by atoms with E-state index in [0.717, 1.165) is 6.54 Å². The molecule has 0 aliphatic heterocycles. The molecule has 0 aromatic carbocycles. The van der Waals surface area contributed by atoms with Crippen molar-refractivity contribution in [3.63, 3.8) is 0 Å². The number of aliphatic hydroxyl groups excluding tert-OH is 1. The Bertz CT molecular complexity index is 272. The maximum atomic E-state index is 9.64. The smallest absolute Gasteiger partial charge is 0.0997 e. The third-order valence-electron chi connectivity index (χ3n) is 4.54. The summed E-state index contributed by atoms with van der Waals surface area (Å²) in [7, 11) is 2.09. The normalized spacial score (nSPS) is 20.7. The molecule has 1 rings (SSSR count). The van der Waals surface area contributed by atoms with Crippen LogP contribution >= 0.6 is 0 Å². The molecule has 1 aliphatic rings. The first-order valence-electron chi connectivity index (χ1n) is 8.52. The van der Waals surface area contributed by atoms with Crippen LogP contribution in [0, 0.1) is 5.92 Å². The molecule has 1 aliphatic carbocycles. The van der Waals surface area contributed by atoms with Gasteiger partial charge in [0.15, 0.2) is 0 Å². The van der Waals surface area contributed by atoms with Crippen molar-refractivity contribution >= 4 is 0 Å². The number of ether oxygens (including phenoxy) is 1. The van der Waals surface area contributed by atoms with Crippen molar-refractivity contribution in [1.82, 2.24) is 10.2 Å². The van der Waals surface area contributed by atoms with Crippen LogP contribution in [0.1, 0.15) is 59.8 Å². The molecule has 1 fully saturated rings. The van der Waals surface area contributed by atoms with Crippen molar-refractivity contribution in [2.75, 3.05) is 26.9 Å². The Hall–Kier alpha value is -0.160. The lowest BCUT2D eigenvalue weighted by molar-refractivity contribution is -0.0655. The average molecular weight is 300 g/mol. The first-order chi connectivity index (χ1) is 9.83. The lowest BCUT2D eigenvalue weighted by Gasteiger charge is -2.33. The summed E-state index contributed by atoms with van der Waals surface area (Å²) in [6.45, 7) is 10.2. The Morgan fingerprint density at radius 3 is 2.38 bits per heavy atom. The molecule has 1 saturated carbocycles. The molecule has 2 atom stereocenters. The maximum Gasteiger partial charge on any atom is 0.0997 e. The summed E-state index contributed by atoms with van der Waals surface area (Å²) >= 11 is 0. The second-order valence-corrected chi connectivity index (χ2v) is 7.59. The fourth-order valence-electron chi connectivity index (χ4n) is 2.82. The summed E-state index contributed by atoms with van der Waals surface area (Å²) < 4.78 is 5.81. The van der Waals surface area contributed by atoms with E-state index in [1.54, 1.807) is 0 Å². The molecular formula is C17H36N2O2. The lowest BCUT2D eigenvalue weighted by Crippen LogP contribution is -2.47. The summed E-state index contributed by atoms with van der Waals surface area (Å²) in [5, 5.41) is 13.2. The number of likely N-dealkylation sites (N-methyl/N-ethyl adjacent to an activating group) is 1. The molecule has 0 heterocycles. The SMILES string of the molecule is C[C@@H](CNC(CO)C1CCCCC1)N(C)COC(C)(C)C. The summed E-state index contributed by atoms with van der Waals surface area (Å²) in [4.78, 5) is 2.22. The Labute approximate surface area is 131 Å². The van der Waals surface area contributed by atoms with E-state index < -0.39 is 0 Å². The zero-order chi connectivity index (χ0) is 15.9. The first kappa shape index (κ1) is 18.9. The number of nitrogens with one attached hydrogen (secondary N) is 1. The van der Waals surface area contributed by atoms with E-state index in [1.807, 2.05) is 0 Å². The van der Waals surface area contributed by atoms with Gasteiger partial charge in [-0.3, -0.25) is 4.90 Å². The van der Waals surface area contributed by atoms with E-state index >= 15 is 0 Å². The zero-order valence-corrected chi connectivity index (χ0v) is 14.7. The molecule has 0 amide bonds. The van der Waals surface area contributed by atoms with Crippen LogP contribution in [-0.2, 0) is 4.74 Å². The van der Waals surface area contributed by atoms with Crippen molar-refractivity contribution < 1.29 is 9.84 Å². The minimum Gasteiger partial charge on any atom is -0.395 e. The molecule has 4 nitrogen and oxygen atoms in total. The van der Waals surface area contributed by atoms with Crippen LogP contribution in [0.4, 0.5) is 0 Å². The largest absolute Gasteiger partial charge is 0.395 e. The lowest BCUT2D eigenvalue weighted by atomic mass is 9.84. The van der Waals surface area contributed by atoms with Crippen LogP contribution in [0.3, 0.4) is 0 Å². The van der Waals surface area contributed by atoms with Crippen molar-refractivity contribution in [2.24, 2.45) is 5.92 Å². The van der Waals surface area contributed by atoms with Crippen molar-refractivity contribution in [3.05, 3.63) is 0 Å². The van der Waals surface area contributed by atoms with Crippen molar-refractivity contribution in [3.8, 4) is 0 Å². The van der Waals surface area contributed by atoms with Gasteiger partial charge in [0.1, 0.15) is 0 Å². The van der Waals surface area contributed by atoms with Gasteiger partial charge in [-0.05, 0) is 53.5 Å². The topological polar surface area (TPSA) is 44.7 Å². The van der Waals surface area contributed by atoms with Gasteiger partial charge in [-0.25, -0.2) is 0 Å².